The third kappa shape index (κ3) is 4.93. The van der Waals surface area contributed by atoms with Crippen molar-refractivity contribution in [2.45, 2.75) is 45.3 Å². The largest absolute Gasteiger partial charge is 0.387 e. The summed E-state index contributed by atoms with van der Waals surface area (Å²) < 4.78 is 0. The molecule has 0 radical (unpaired) electrons. The second kappa shape index (κ2) is 8.66. The summed E-state index contributed by atoms with van der Waals surface area (Å²) in [6, 6.07) is 12.7. The van der Waals surface area contributed by atoms with Gasteiger partial charge in [-0.2, -0.15) is 0 Å². The smallest absolute Gasteiger partial charge is 0.0915 e. The molecule has 0 aliphatic carbocycles. The van der Waals surface area contributed by atoms with Gasteiger partial charge in [0, 0.05) is 25.0 Å². The fourth-order valence-corrected chi connectivity index (χ4v) is 2.46. The van der Waals surface area contributed by atoms with E-state index >= 15 is 0 Å². The predicted octanol–water partition coefficient (Wildman–Crippen LogP) is 3.81. The lowest BCUT2D eigenvalue weighted by Crippen LogP contribution is -2.24. The fourth-order valence-electron chi connectivity index (χ4n) is 2.46. The number of unbranched alkanes of at least 4 members (excludes halogenated alkanes) is 1. The van der Waals surface area contributed by atoms with Crippen LogP contribution in [0.4, 0.5) is 0 Å². The lowest BCUT2D eigenvalue weighted by atomic mass is 10.0. The summed E-state index contributed by atoms with van der Waals surface area (Å²) in [6.07, 6.45) is 6.53. The Labute approximate surface area is 133 Å². The zero-order chi connectivity index (χ0) is 15.8. The van der Waals surface area contributed by atoms with Gasteiger partial charge in [-0.05, 0) is 48.6 Å². The quantitative estimate of drug-likeness (QED) is 0.779. The molecule has 118 valence electrons. The number of aromatic nitrogens is 1. The van der Waals surface area contributed by atoms with Crippen molar-refractivity contribution in [1.29, 1.82) is 0 Å². The molecular weight excluding hydrogens is 272 g/mol. The molecule has 0 saturated heterocycles. The van der Waals surface area contributed by atoms with Gasteiger partial charge in [0.1, 0.15) is 0 Å². The van der Waals surface area contributed by atoms with Crippen molar-refractivity contribution in [3.63, 3.8) is 0 Å². The van der Waals surface area contributed by atoms with Crippen LogP contribution in [0.1, 0.15) is 55.5 Å². The molecule has 1 aromatic carbocycles. The van der Waals surface area contributed by atoms with Gasteiger partial charge in [-0.25, -0.2) is 0 Å². The highest BCUT2D eigenvalue weighted by molar-refractivity contribution is 5.25. The van der Waals surface area contributed by atoms with Crippen LogP contribution in [-0.2, 0) is 6.42 Å². The van der Waals surface area contributed by atoms with Gasteiger partial charge in [-0.1, -0.05) is 37.6 Å². The molecular formula is C19H26N2O. The minimum absolute atomic E-state index is 0.219. The number of hydrogen-bond donors (Lipinski definition) is 2. The van der Waals surface area contributed by atoms with Crippen LogP contribution < -0.4 is 5.32 Å². The molecule has 0 aliphatic rings. The summed E-state index contributed by atoms with van der Waals surface area (Å²) in [6.45, 7) is 4.87. The Hall–Kier alpha value is -1.71. The van der Waals surface area contributed by atoms with E-state index in [2.05, 4.69) is 48.4 Å². The van der Waals surface area contributed by atoms with Crippen molar-refractivity contribution >= 4 is 0 Å². The van der Waals surface area contributed by atoms with Crippen LogP contribution in [-0.4, -0.2) is 16.6 Å². The maximum atomic E-state index is 10.2. The predicted molar refractivity (Wildman–Crippen MR) is 90.7 cm³/mol. The zero-order valence-electron chi connectivity index (χ0n) is 13.5. The van der Waals surface area contributed by atoms with E-state index in [4.69, 9.17) is 0 Å². The average Bonchev–Trinajstić information content (AvgIpc) is 2.58. The molecule has 0 bridgehead atoms. The van der Waals surface area contributed by atoms with Gasteiger partial charge in [-0.15, -0.1) is 0 Å². The van der Waals surface area contributed by atoms with Gasteiger partial charge in [0.05, 0.1) is 6.10 Å². The highest BCUT2D eigenvalue weighted by Crippen LogP contribution is 2.16. The van der Waals surface area contributed by atoms with Crippen molar-refractivity contribution in [2.24, 2.45) is 0 Å². The van der Waals surface area contributed by atoms with E-state index in [-0.39, 0.29) is 6.04 Å². The van der Waals surface area contributed by atoms with Gasteiger partial charge in [0.2, 0.25) is 0 Å². The van der Waals surface area contributed by atoms with Crippen molar-refractivity contribution in [3.8, 4) is 0 Å². The third-order valence-corrected chi connectivity index (χ3v) is 4.01. The monoisotopic (exact) mass is 298 g/mol. The van der Waals surface area contributed by atoms with Crippen LogP contribution in [0.2, 0.25) is 0 Å². The van der Waals surface area contributed by atoms with Crippen molar-refractivity contribution in [2.75, 3.05) is 6.54 Å². The van der Waals surface area contributed by atoms with Crippen LogP contribution in [0.25, 0.3) is 0 Å². The maximum Gasteiger partial charge on any atom is 0.0915 e. The summed E-state index contributed by atoms with van der Waals surface area (Å²) in [5, 5.41) is 13.6. The first-order valence-corrected chi connectivity index (χ1v) is 8.11. The van der Waals surface area contributed by atoms with E-state index in [0.29, 0.717) is 6.54 Å². The Morgan fingerprint density at radius 3 is 2.36 bits per heavy atom. The summed E-state index contributed by atoms with van der Waals surface area (Å²) in [5.74, 6) is 0. The molecule has 2 rings (SSSR count). The SMILES string of the molecule is CCCCc1ccc(C(C)NCC(O)c2ccncc2)cc1. The van der Waals surface area contributed by atoms with E-state index in [0.717, 1.165) is 12.0 Å². The molecule has 0 spiro atoms. The molecule has 0 aliphatic heterocycles. The number of benzene rings is 1. The Bertz CT molecular complexity index is 539. The number of aliphatic hydroxyl groups excluding tert-OH is 1. The normalized spacial score (nSPS) is 13.8. The first-order valence-electron chi connectivity index (χ1n) is 8.11. The number of nitrogens with one attached hydrogen (secondary N) is 1. The van der Waals surface area contributed by atoms with Gasteiger partial charge < -0.3 is 10.4 Å². The molecule has 3 nitrogen and oxygen atoms in total. The van der Waals surface area contributed by atoms with E-state index in [1.807, 2.05) is 12.1 Å². The van der Waals surface area contributed by atoms with Crippen molar-refractivity contribution < 1.29 is 5.11 Å². The van der Waals surface area contributed by atoms with Crippen LogP contribution >= 0.6 is 0 Å². The standard InChI is InChI=1S/C19H26N2O/c1-3-4-5-16-6-8-17(9-7-16)15(2)21-14-19(22)18-10-12-20-13-11-18/h6-13,15,19,21-22H,3-5,14H2,1-2H3. The molecule has 1 aromatic heterocycles. The second-order valence-corrected chi connectivity index (χ2v) is 5.77. The summed E-state index contributed by atoms with van der Waals surface area (Å²) >= 11 is 0. The summed E-state index contributed by atoms with van der Waals surface area (Å²) in [4.78, 5) is 3.97. The average molecular weight is 298 g/mol. The molecule has 0 amide bonds. The Kier molecular flexibility index (Phi) is 6.56. The molecule has 0 saturated carbocycles. The number of rotatable bonds is 8. The van der Waals surface area contributed by atoms with Crippen molar-refractivity contribution in [1.82, 2.24) is 10.3 Å². The van der Waals surface area contributed by atoms with E-state index in [9.17, 15) is 5.11 Å². The number of pyridine rings is 1. The highest BCUT2D eigenvalue weighted by Gasteiger charge is 2.10. The van der Waals surface area contributed by atoms with Crippen molar-refractivity contribution in [3.05, 3.63) is 65.5 Å². The van der Waals surface area contributed by atoms with E-state index in [1.54, 1.807) is 12.4 Å². The van der Waals surface area contributed by atoms with Gasteiger partial charge in [-0.3, -0.25) is 4.98 Å². The van der Waals surface area contributed by atoms with Gasteiger partial charge in [0.25, 0.3) is 0 Å². The molecule has 22 heavy (non-hydrogen) atoms. The number of nitrogens with zero attached hydrogens (tertiary/aromatic N) is 1. The Morgan fingerprint density at radius 2 is 1.73 bits per heavy atom. The molecule has 2 aromatic rings. The van der Waals surface area contributed by atoms with E-state index < -0.39 is 6.10 Å². The minimum Gasteiger partial charge on any atom is -0.387 e. The Balaban J connectivity index is 1.85. The molecule has 2 N–H and O–H groups in total. The lowest BCUT2D eigenvalue weighted by molar-refractivity contribution is 0.170. The van der Waals surface area contributed by atoms with Gasteiger partial charge >= 0.3 is 0 Å². The zero-order valence-corrected chi connectivity index (χ0v) is 13.5. The lowest BCUT2D eigenvalue weighted by Gasteiger charge is -2.18. The highest BCUT2D eigenvalue weighted by atomic mass is 16.3. The van der Waals surface area contributed by atoms with E-state index in [1.165, 1.54) is 24.0 Å². The molecule has 2 unspecified atom stereocenters. The maximum absolute atomic E-state index is 10.2. The summed E-state index contributed by atoms with van der Waals surface area (Å²) in [5.41, 5.74) is 3.54. The minimum atomic E-state index is -0.505. The van der Waals surface area contributed by atoms with Crippen LogP contribution in [0.5, 0.6) is 0 Å². The first kappa shape index (κ1) is 16.7. The molecule has 0 fully saturated rings. The third-order valence-electron chi connectivity index (χ3n) is 4.01. The number of hydrogen-bond acceptors (Lipinski definition) is 3. The number of aliphatic hydroxyl groups is 1. The molecule has 1 heterocycles. The number of aryl methyl sites for hydroxylation is 1. The summed E-state index contributed by atoms with van der Waals surface area (Å²) in [7, 11) is 0. The first-order chi connectivity index (χ1) is 10.7. The molecule has 2 atom stereocenters. The topological polar surface area (TPSA) is 45.1 Å². The van der Waals surface area contributed by atoms with Crippen LogP contribution in [0.15, 0.2) is 48.8 Å². The van der Waals surface area contributed by atoms with Gasteiger partial charge in [0.15, 0.2) is 0 Å². The van der Waals surface area contributed by atoms with Crippen LogP contribution in [0, 0.1) is 0 Å². The van der Waals surface area contributed by atoms with Crippen LogP contribution in [0.3, 0.4) is 0 Å². The Morgan fingerprint density at radius 1 is 1.05 bits per heavy atom. The fraction of sp³-hybridized carbons (Fsp3) is 0.421. The second-order valence-electron chi connectivity index (χ2n) is 5.77. The molecule has 3 heteroatoms.